The lowest BCUT2D eigenvalue weighted by Gasteiger charge is -1.83. The summed E-state index contributed by atoms with van der Waals surface area (Å²) in [6, 6.07) is 1.39. The van der Waals surface area contributed by atoms with Gasteiger partial charge in [0.1, 0.15) is 5.56 Å². The van der Waals surface area contributed by atoms with Gasteiger partial charge in [0.2, 0.25) is 0 Å². The van der Waals surface area contributed by atoms with E-state index in [0.29, 0.717) is 6.29 Å². The highest BCUT2D eigenvalue weighted by Crippen LogP contribution is 2.28. The monoisotopic (exact) mass is 210 g/mol. The van der Waals surface area contributed by atoms with E-state index in [0.717, 1.165) is 11.3 Å². The van der Waals surface area contributed by atoms with Gasteiger partial charge in [-0.1, -0.05) is 23.2 Å². The minimum absolute atomic E-state index is 0.118. The number of nitrogens with two attached hydrogens (primary N) is 1. The summed E-state index contributed by atoms with van der Waals surface area (Å²) in [7, 11) is 0. The van der Waals surface area contributed by atoms with Crippen LogP contribution in [0.25, 0.3) is 0 Å². The van der Waals surface area contributed by atoms with E-state index in [4.69, 9.17) is 5.73 Å². The summed E-state index contributed by atoms with van der Waals surface area (Å²) in [5, 5.41) is 10.4. The lowest BCUT2D eigenvalue weighted by atomic mass is 10.3. The fourth-order valence-corrected chi connectivity index (χ4v) is 1.57. The lowest BCUT2D eigenvalue weighted by Crippen LogP contribution is -1.93. The molecule has 0 saturated heterocycles. The molecule has 0 bridgehead atoms. The predicted molar refractivity (Wildman–Crippen MR) is 52.3 cm³/mol. The SMILES string of the molecule is NCC#Cc1cc(C=O)sc1[N+](=O)[O-]. The maximum Gasteiger partial charge on any atom is 0.340 e. The molecule has 1 aromatic rings. The fraction of sp³-hybridized carbons (Fsp3) is 0.125. The van der Waals surface area contributed by atoms with Gasteiger partial charge in [0.25, 0.3) is 0 Å². The highest BCUT2D eigenvalue weighted by atomic mass is 32.1. The molecular weight excluding hydrogens is 204 g/mol. The van der Waals surface area contributed by atoms with Crippen LogP contribution in [0.15, 0.2) is 6.07 Å². The number of hydrogen-bond acceptors (Lipinski definition) is 5. The summed E-state index contributed by atoms with van der Waals surface area (Å²) in [5.74, 6) is 5.05. The van der Waals surface area contributed by atoms with Crippen molar-refractivity contribution >= 4 is 22.6 Å². The van der Waals surface area contributed by atoms with Crippen LogP contribution >= 0.6 is 11.3 Å². The molecule has 0 aliphatic rings. The number of rotatable bonds is 2. The molecule has 1 aromatic heterocycles. The lowest BCUT2D eigenvalue weighted by molar-refractivity contribution is -0.380. The van der Waals surface area contributed by atoms with Crippen molar-refractivity contribution in [2.45, 2.75) is 0 Å². The minimum atomic E-state index is -0.557. The summed E-state index contributed by atoms with van der Waals surface area (Å²) in [4.78, 5) is 20.6. The number of carbonyl (C=O) groups excluding carboxylic acids is 1. The molecule has 2 N–H and O–H groups in total. The van der Waals surface area contributed by atoms with E-state index in [2.05, 4.69) is 11.8 Å². The zero-order valence-corrected chi connectivity index (χ0v) is 7.84. The Kier molecular flexibility index (Phi) is 3.34. The molecule has 0 saturated carbocycles. The molecule has 0 fully saturated rings. The second-order valence-corrected chi connectivity index (χ2v) is 3.31. The smallest absolute Gasteiger partial charge is 0.320 e. The molecule has 72 valence electrons. The molecule has 14 heavy (non-hydrogen) atoms. The largest absolute Gasteiger partial charge is 0.340 e. The molecular formula is C8H6N2O3S. The summed E-state index contributed by atoms with van der Waals surface area (Å²) in [6.07, 6.45) is 0.561. The topological polar surface area (TPSA) is 86.2 Å². The fourth-order valence-electron chi connectivity index (χ4n) is 0.830. The van der Waals surface area contributed by atoms with Gasteiger partial charge in [0, 0.05) is 0 Å². The van der Waals surface area contributed by atoms with Gasteiger partial charge in [-0.05, 0) is 6.07 Å². The molecule has 0 aliphatic carbocycles. The van der Waals surface area contributed by atoms with Gasteiger partial charge >= 0.3 is 5.00 Å². The van der Waals surface area contributed by atoms with E-state index in [1.54, 1.807) is 0 Å². The van der Waals surface area contributed by atoms with Crippen molar-refractivity contribution in [1.82, 2.24) is 0 Å². The van der Waals surface area contributed by atoms with Gasteiger partial charge in [-0.2, -0.15) is 0 Å². The van der Waals surface area contributed by atoms with E-state index in [9.17, 15) is 14.9 Å². The van der Waals surface area contributed by atoms with Crippen LogP contribution < -0.4 is 5.73 Å². The third-order valence-corrected chi connectivity index (χ3v) is 2.35. The summed E-state index contributed by atoms with van der Waals surface area (Å²) in [6.45, 7) is 0.128. The first-order chi connectivity index (χ1) is 6.69. The van der Waals surface area contributed by atoms with Crippen molar-refractivity contribution < 1.29 is 9.72 Å². The van der Waals surface area contributed by atoms with E-state index < -0.39 is 4.92 Å². The van der Waals surface area contributed by atoms with E-state index in [1.807, 2.05) is 0 Å². The number of hydrogen-bond donors (Lipinski definition) is 1. The van der Waals surface area contributed by atoms with E-state index in [1.165, 1.54) is 6.07 Å². The molecule has 0 unspecified atom stereocenters. The van der Waals surface area contributed by atoms with Crippen LogP contribution in [-0.4, -0.2) is 17.8 Å². The van der Waals surface area contributed by atoms with Crippen molar-refractivity contribution in [2.75, 3.05) is 6.54 Å². The highest BCUT2D eigenvalue weighted by Gasteiger charge is 2.17. The van der Waals surface area contributed by atoms with Crippen LogP contribution in [0.4, 0.5) is 5.00 Å². The number of nitrogens with zero attached hydrogens (tertiary/aromatic N) is 1. The standard InChI is InChI=1S/C8H6N2O3S/c9-3-1-2-6-4-7(5-11)14-8(6)10(12)13/h4-5H,3,9H2. The van der Waals surface area contributed by atoms with Crippen LogP contribution in [-0.2, 0) is 0 Å². The van der Waals surface area contributed by atoms with Crippen molar-refractivity contribution in [2.24, 2.45) is 5.73 Å². The molecule has 0 aromatic carbocycles. The molecule has 0 aliphatic heterocycles. The summed E-state index contributed by atoms with van der Waals surface area (Å²) < 4.78 is 0. The molecule has 0 amide bonds. The third kappa shape index (κ3) is 2.16. The number of carbonyl (C=O) groups is 1. The third-order valence-electron chi connectivity index (χ3n) is 1.34. The molecule has 1 heterocycles. The maximum absolute atomic E-state index is 10.5. The molecule has 0 radical (unpaired) electrons. The average Bonchev–Trinajstić information content (AvgIpc) is 2.58. The van der Waals surface area contributed by atoms with Crippen molar-refractivity contribution in [3.05, 3.63) is 26.6 Å². The van der Waals surface area contributed by atoms with Gasteiger partial charge in [-0.25, -0.2) is 0 Å². The van der Waals surface area contributed by atoms with E-state index in [-0.39, 0.29) is 22.0 Å². The number of nitro groups is 1. The summed E-state index contributed by atoms with van der Waals surface area (Å²) >= 11 is 0.808. The van der Waals surface area contributed by atoms with Gasteiger partial charge in [0.15, 0.2) is 6.29 Å². The van der Waals surface area contributed by atoms with Crippen LogP contribution in [0.5, 0.6) is 0 Å². The molecule has 0 spiro atoms. The first kappa shape index (κ1) is 10.4. The summed E-state index contributed by atoms with van der Waals surface area (Å²) in [5.41, 5.74) is 5.38. The first-order valence-corrected chi connectivity index (χ1v) is 4.43. The Balaban J connectivity index is 3.18. The highest BCUT2D eigenvalue weighted by molar-refractivity contribution is 7.17. The molecule has 0 atom stereocenters. The Hall–Kier alpha value is -1.71. The predicted octanol–water partition coefficient (Wildman–Crippen LogP) is 0.779. The van der Waals surface area contributed by atoms with Gasteiger partial charge in [-0.15, -0.1) is 0 Å². The molecule has 6 heteroatoms. The number of aldehydes is 1. The van der Waals surface area contributed by atoms with Crippen molar-refractivity contribution in [3.8, 4) is 11.8 Å². The Morgan fingerprint density at radius 2 is 2.43 bits per heavy atom. The quantitative estimate of drug-likeness (QED) is 0.338. The second kappa shape index (κ2) is 4.50. The maximum atomic E-state index is 10.5. The Morgan fingerprint density at radius 3 is 2.93 bits per heavy atom. The minimum Gasteiger partial charge on any atom is -0.320 e. The van der Waals surface area contributed by atoms with Crippen LogP contribution in [0.2, 0.25) is 0 Å². The Labute approximate surface area is 83.7 Å². The van der Waals surface area contributed by atoms with Crippen molar-refractivity contribution in [3.63, 3.8) is 0 Å². The Bertz CT molecular complexity index is 428. The molecule has 1 rings (SSSR count). The average molecular weight is 210 g/mol. The first-order valence-electron chi connectivity index (χ1n) is 3.61. The van der Waals surface area contributed by atoms with Crippen molar-refractivity contribution in [1.29, 1.82) is 0 Å². The van der Waals surface area contributed by atoms with Gasteiger partial charge in [0.05, 0.1) is 16.3 Å². The van der Waals surface area contributed by atoms with Crippen LogP contribution in [0.1, 0.15) is 15.2 Å². The van der Waals surface area contributed by atoms with Gasteiger partial charge < -0.3 is 5.73 Å². The van der Waals surface area contributed by atoms with Gasteiger partial charge in [-0.3, -0.25) is 14.9 Å². The second-order valence-electron chi connectivity index (χ2n) is 2.25. The van der Waals surface area contributed by atoms with E-state index >= 15 is 0 Å². The normalized spacial score (nSPS) is 8.93. The zero-order chi connectivity index (χ0) is 10.6. The number of thiophene rings is 1. The van der Waals surface area contributed by atoms with Crippen LogP contribution in [0, 0.1) is 22.0 Å². The molecule has 5 nitrogen and oxygen atoms in total. The van der Waals surface area contributed by atoms with Crippen LogP contribution in [0.3, 0.4) is 0 Å². The Morgan fingerprint density at radius 1 is 1.71 bits per heavy atom. The zero-order valence-electron chi connectivity index (χ0n) is 7.02.